The van der Waals surface area contributed by atoms with Crippen LogP contribution in [-0.2, 0) is 11.2 Å². The van der Waals surface area contributed by atoms with Gasteiger partial charge in [-0.15, -0.1) is 0 Å². The van der Waals surface area contributed by atoms with E-state index < -0.39 is 24.4 Å². The predicted octanol–water partition coefficient (Wildman–Crippen LogP) is 1.76. The molecule has 0 atom stereocenters. The minimum Gasteiger partial charge on any atom is -0.461 e. The summed E-state index contributed by atoms with van der Waals surface area (Å²) < 4.78 is 40.7. The first-order valence-electron chi connectivity index (χ1n) is 4.48. The Kier molecular flexibility index (Phi) is 3.81. The second-order valence-corrected chi connectivity index (χ2v) is 2.87. The highest BCUT2D eigenvalue weighted by Gasteiger charge is 2.29. The van der Waals surface area contributed by atoms with Crippen LogP contribution in [0.2, 0.25) is 0 Å². The smallest absolute Gasteiger partial charge is 0.396 e. The molecular weight excluding hydrogens is 225 g/mol. The molecule has 0 spiro atoms. The summed E-state index contributed by atoms with van der Waals surface area (Å²) in [7, 11) is 0. The van der Waals surface area contributed by atoms with E-state index in [2.05, 4.69) is 14.7 Å². The number of hydrogen-bond acceptors (Lipinski definition) is 4. The Labute approximate surface area is 89.5 Å². The van der Waals surface area contributed by atoms with E-state index in [0.29, 0.717) is 0 Å². The summed E-state index contributed by atoms with van der Waals surface area (Å²) in [4.78, 5) is 18.1. The number of alkyl halides is 3. The fraction of sp³-hybridized carbons (Fsp3) is 0.444. The van der Waals surface area contributed by atoms with Gasteiger partial charge in [0.2, 0.25) is 0 Å². The average molecular weight is 234 g/mol. The molecule has 0 saturated heterocycles. The van der Waals surface area contributed by atoms with E-state index >= 15 is 0 Å². The zero-order valence-corrected chi connectivity index (χ0v) is 8.41. The van der Waals surface area contributed by atoms with Gasteiger partial charge in [0.1, 0.15) is 12.2 Å². The largest absolute Gasteiger partial charge is 0.461 e. The molecule has 4 nitrogen and oxygen atoms in total. The number of halogens is 3. The van der Waals surface area contributed by atoms with E-state index in [1.54, 1.807) is 6.92 Å². The van der Waals surface area contributed by atoms with E-state index in [1.807, 2.05) is 0 Å². The average Bonchev–Trinajstić information content (AvgIpc) is 2.16. The van der Waals surface area contributed by atoms with Crippen molar-refractivity contribution in [2.24, 2.45) is 0 Å². The lowest BCUT2D eigenvalue weighted by atomic mass is 10.3. The van der Waals surface area contributed by atoms with Crippen molar-refractivity contribution in [3.05, 3.63) is 23.8 Å². The summed E-state index contributed by atoms with van der Waals surface area (Å²) in [5, 5.41) is 0. The van der Waals surface area contributed by atoms with Gasteiger partial charge < -0.3 is 4.74 Å². The van der Waals surface area contributed by atoms with E-state index in [0.717, 1.165) is 6.20 Å². The van der Waals surface area contributed by atoms with Crippen LogP contribution in [-0.4, -0.2) is 28.7 Å². The third-order valence-electron chi connectivity index (χ3n) is 1.55. The van der Waals surface area contributed by atoms with Crippen LogP contribution in [0.1, 0.15) is 23.2 Å². The lowest BCUT2D eigenvalue weighted by Crippen LogP contribution is -2.16. The van der Waals surface area contributed by atoms with Crippen LogP contribution in [0, 0.1) is 0 Å². The lowest BCUT2D eigenvalue weighted by Gasteiger charge is -2.05. The molecule has 0 aliphatic carbocycles. The highest BCUT2D eigenvalue weighted by Crippen LogP contribution is 2.19. The Morgan fingerprint density at radius 1 is 1.50 bits per heavy atom. The summed E-state index contributed by atoms with van der Waals surface area (Å²) in [6, 6.07) is 1.21. The molecule has 7 heteroatoms. The minimum atomic E-state index is -4.40. The monoisotopic (exact) mass is 234 g/mol. The molecule has 0 N–H and O–H groups in total. The molecule has 0 bridgehead atoms. The van der Waals surface area contributed by atoms with Crippen LogP contribution in [0.5, 0.6) is 0 Å². The van der Waals surface area contributed by atoms with Crippen molar-refractivity contribution in [3.63, 3.8) is 0 Å². The quantitative estimate of drug-likeness (QED) is 0.748. The fourth-order valence-electron chi connectivity index (χ4n) is 0.982. The number of carbonyl (C=O) groups excluding carboxylic acids is 1. The SMILES string of the molecule is CCOC(=O)c1ccnc(CC(F)(F)F)n1. The number of hydrogen-bond donors (Lipinski definition) is 0. The topological polar surface area (TPSA) is 52.1 Å². The maximum Gasteiger partial charge on any atom is 0.396 e. The van der Waals surface area contributed by atoms with Crippen molar-refractivity contribution in [2.45, 2.75) is 19.5 Å². The van der Waals surface area contributed by atoms with Crippen molar-refractivity contribution < 1.29 is 22.7 Å². The lowest BCUT2D eigenvalue weighted by molar-refractivity contribution is -0.128. The Bertz CT molecular complexity index is 379. The molecule has 0 aliphatic rings. The summed E-state index contributed by atoms with van der Waals surface area (Å²) >= 11 is 0. The minimum absolute atomic E-state index is 0.136. The molecule has 0 saturated carbocycles. The van der Waals surface area contributed by atoms with Crippen molar-refractivity contribution in [2.75, 3.05) is 6.61 Å². The molecule has 0 radical (unpaired) electrons. The van der Waals surface area contributed by atoms with Gasteiger partial charge in [0.25, 0.3) is 0 Å². The molecule has 1 aromatic rings. The number of ether oxygens (including phenoxy) is 1. The van der Waals surface area contributed by atoms with Crippen LogP contribution in [0.4, 0.5) is 13.2 Å². The Morgan fingerprint density at radius 2 is 2.19 bits per heavy atom. The van der Waals surface area contributed by atoms with Crippen LogP contribution in [0.3, 0.4) is 0 Å². The molecular formula is C9H9F3N2O2. The van der Waals surface area contributed by atoms with E-state index in [1.165, 1.54) is 6.07 Å². The van der Waals surface area contributed by atoms with Crippen molar-refractivity contribution in [1.29, 1.82) is 0 Å². The van der Waals surface area contributed by atoms with Gasteiger partial charge in [-0.3, -0.25) is 0 Å². The number of rotatable bonds is 3. The first kappa shape index (κ1) is 12.4. The number of aromatic nitrogens is 2. The zero-order chi connectivity index (χ0) is 12.2. The molecule has 1 rings (SSSR count). The van der Waals surface area contributed by atoms with Crippen LogP contribution in [0.15, 0.2) is 12.3 Å². The van der Waals surface area contributed by atoms with E-state index in [9.17, 15) is 18.0 Å². The summed E-state index contributed by atoms with van der Waals surface area (Å²) in [5.74, 6) is -1.20. The number of carbonyl (C=O) groups is 1. The highest BCUT2D eigenvalue weighted by molar-refractivity contribution is 5.87. The van der Waals surface area contributed by atoms with E-state index in [-0.39, 0.29) is 12.3 Å². The molecule has 0 aromatic carbocycles. The molecule has 1 heterocycles. The summed E-state index contributed by atoms with van der Waals surface area (Å²) in [6.45, 7) is 1.73. The Balaban J connectivity index is 2.83. The normalized spacial score (nSPS) is 11.2. The molecule has 0 amide bonds. The standard InChI is InChI=1S/C9H9F3N2O2/c1-2-16-8(15)6-3-4-13-7(14-6)5-9(10,11)12/h3-4H,2,5H2,1H3. The van der Waals surface area contributed by atoms with Gasteiger partial charge in [-0.25, -0.2) is 14.8 Å². The molecule has 0 aliphatic heterocycles. The predicted molar refractivity (Wildman–Crippen MR) is 47.7 cm³/mol. The van der Waals surface area contributed by atoms with Crippen LogP contribution >= 0.6 is 0 Å². The number of esters is 1. The maximum atomic E-state index is 12.0. The van der Waals surface area contributed by atoms with Gasteiger partial charge in [-0.1, -0.05) is 0 Å². The van der Waals surface area contributed by atoms with Gasteiger partial charge in [0, 0.05) is 6.20 Å². The number of nitrogens with zero attached hydrogens (tertiary/aromatic N) is 2. The second kappa shape index (κ2) is 4.91. The molecule has 1 aromatic heterocycles. The van der Waals surface area contributed by atoms with Crippen LogP contribution in [0.25, 0.3) is 0 Å². The second-order valence-electron chi connectivity index (χ2n) is 2.87. The molecule has 88 valence electrons. The summed E-state index contributed by atoms with van der Waals surface area (Å²) in [6.07, 6.45) is -4.56. The Morgan fingerprint density at radius 3 is 2.75 bits per heavy atom. The van der Waals surface area contributed by atoms with Crippen molar-refractivity contribution >= 4 is 5.97 Å². The molecule has 16 heavy (non-hydrogen) atoms. The van der Waals surface area contributed by atoms with Gasteiger partial charge >= 0.3 is 12.1 Å². The van der Waals surface area contributed by atoms with Gasteiger partial charge in [-0.05, 0) is 13.0 Å². The zero-order valence-electron chi connectivity index (χ0n) is 8.41. The van der Waals surface area contributed by atoms with Gasteiger partial charge in [0.15, 0.2) is 5.69 Å². The van der Waals surface area contributed by atoms with Gasteiger partial charge in [-0.2, -0.15) is 13.2 Å². The van der Waals surface area contributed by atoms with Crippen molar-refractivity contribution in [3.8, 4) is 0 Å². The van der Waals surface area contributed by atoms with Gasteiger partial charge in [0.05, 0.1) is 6.61 Å². The van der Waals surface area contributed by atoms with Crippen LogP contribution < -0.4 is 0 Å². The molecule has 0 unspecified atom stereocenters. The van der Waals surface area contributed by atoms with E-state index in [4.69, 9.17) is 0 Å². The molecule has 0 fully saturated rings. The summed E-state index contributed by atoms with van der Waals surface area (Å²) in [5.41, 5.74) is -0.170. The third-order valence-corrected chi connectivity index (χ3v) is 1.55. The maximum absolute atomic E-state index is 12.0. The Hall–Kier alpha value is -1.66. The highest BCUT2D eigenvalue weighted by atomic mass is 19.4. The first-order chi connectivity index (χ1) is 7.42. The first-order valence-corrected chi connectivity index (χ1v) is 4.48. The fourth-order valence-corrected chi connectivity index (χ4v) is 0.982. The third kappa shape index (κ3) is 3.84. The van der Waals surface area contributed by atoms with Crippen molar-refractivity contribution in [1.82, 2.24) is 9.97 Å².